The first kappa shape index (κ1) is 22.0. The van der Waals surface area contributed by atoms with Gasteiger partial charge in [0.1, 0.15) is 0 Å². The van der Waals surface area contributed by atoms with E-state index in [1.165, 1.54) is 12.1 Å². The second-order valence-electron chi connectivity index (χ2n) is 8.43. The highest BCUT2D eigenvalue weighted by atomic mass is 35.5. The summed E-state index contributed by atoms with van der Waals surface area (Å²) in [4.78, 5) is 24.0. The van der Waals surface area contributed by atoms with Gasteiger partial charge in [0.25, 0.3) is 5.91 Å². The van der Waals surface area contributed by atoms with E-state index in [2.05, 4.69) is 14.8 Å². The maximum Gasteiger partial charge on any atom is 0.416 e. The molecule has 0 radical (unpaired) electrons. The molecule has 0 fully saturated rings. The topological polar surface area (TPSA) is 39.2 Å². The lowest BCUT2D eigenvalue weighted by Crippen LogP contribution is -2.53. The predicted molar refractivity (Wildman–Crippen MR) is 119 cm³/mol. The van der Waals surface area contributed by atoms with Gasteiger partial charge in [-0.05, 0) is 35.4 Å². The molecule has 2 aromatic carbocycles. The van der Waals surface area contributed by atoms with Crippen molar-refractivity contribution in [1.29, 1.82) is 0 Å². The Morgan fingerprint density at radius 2 is 1.61 bits per heavy atom. The number of amides is 1. The van der Waals surface area contributed by atoms with Gasteiger partial charge >= 0.3 is 6.18 Å². The number of halogens is 4. The summed E-state index contributed by atoms with van der Waals surface area (Å²) < 4.78 is 38.7. The maximum absolute atomic E-state index is 13.5. The summed E-state index contributed by atoms with van der Waals surface area (Å²) in [5, 5.41) is 0.685. The van der Waals surface area contributed by atoms with Crippen LogP contribution in [0.5, 0.6) is 0 Å². The Labute approximate surface area is 194 Å². The fourth-order valence-corrected chi connectivity index (χ4v) is 4.71. The van der Waals surface area contributed by atoms with Crippen LogP contribution in [0, 0.1) is 0 Å². The number of hydrogen-bond acceptors (Lipinski definition) is 4. The fraction of sp³-hybridized carbons (Fsp3) is 0.333. The van der Waals surface area contributed by atoms with Crippen LogP contribution in [0.15, 0.2) is 64.8 Å². The highest BCUT2D eigenvalue weighted by Crippen LogP contribution is 2.33. The molecule has 9 heteroatoms. The van der Waals surface area contributed by atoms with Gasteiger partial charge < -0.3 is 4.90 Å². The molecule has 0 atom stereocenters. The van der Waals surface area contributed by atoms with Gasteiger partial charge in [-0.15, -0.1) is 0 Å². The zero-order valence-corrected chi connectivity index (χ0v) is 18.5. The number of aliphatic imine (C=N–C) groups is 1. The van der Waals surface area contributed by atoms with Crippen molar-refractivity contribution in [3.63, 3.8) is 0 Å². The molecule has 2 aromatic rings. The molecule has 1 amide bonds. The summed E-state index contributed by atoms with van der Waals surface area (Å²) in [6.45, 7) is 3.54. The Morgan fingerprint density at radius 3 is 2.30 bits per heavy atom. The zero-order chi connectivity index (χ0) is 23.2. The lowest BCUT2D eigenvalue weighted by atomic mass is 10.00. The van der Waals surface area contributed by atoms with Gasteiger partial charge in [-0.25, -0.2) is 0 Å². The van der Waals surface area contributed by atoms with Crippen LogP contribution in [0.4, 0.5) is 13.2 Å². The van der Waals surface area contributed by atoms with Crippen LogP contribution in [-0.4, -0.2) is 52.7 Å². The summed E-state index contributed by atoms with van der Waals surface area (Å²) in [6, 6.07) is 12.6. The Hall–Kier alpha value is -2.84. The van der Waals surface area contributed by atoms with Crippen LogP contribution < -0.4 is 0 Å². The number of benzene rings is 2. The number of carbonyl (C=O) groups is 1. The Balaban J connectivity index is 1.36. The third-order valence-electron chi connectivity index (χ3n) is 6.23. The first-order valence-corrected chi connectivity index (χ1v) is 11.2. The predicted octanol–water partition coefficient (Wildman–Crippen LogP) is 4.53. The van der Waals surface area contributed by atoms with Gasteiger partial charge in [0.05, 0.1) is 24.2 Å². The second-order valence-corrected chi connectivity index (χ2v) is 8.87. The van der Waals surface area contributed by atoms with E-state index >= 15 is 0 Å². The lowest BCUT2D eigenvalue weighted by molar-refractivity contribution is -0.137. The monoisotopic (exact) mass is 474 g/mol. The molecule has 0 saturated carbocycles. The summed E-state index contributed by atoms with van der Waals surface area (Å²) in [5.74, 6) is 0.479. The molecular weight excluding hydrogens is 453 g/mol. The van der Waals surface area contributed by atoms with Gasteiger partial charge in [0.15, 0.2) is 0 Å². The number of alkyl halides is 3. The highest BCUT2D eigenvalue weighted by molar-refractivity contribution is 6.30. The van der Waals surface area contributed by atoms with Crippen LogP contribution in [0.1, 0.15) is 23.1 Å². The quantitative estimate of drug-likeness (QED) is 0.653. The van der Waals surface area contributed by atoms with Crippen molar-refractivity contribution in [3.8, 4) is 0 Å². The molecule has 0 aromatic heterocycles. The van der Waals surface area contributed by atoms with Crippen LogP contribution in [0.2, 0.25) is 5.02 Å². The van der Waals surface area contributed by atoms with E-state index in [1.54, 1.807) is 4.90 Å². The normalized spacial score (nSPS) is 19.0. The largest absolute Gasteiger partial charge is 0.416 e. The van der Waals surface area contributed by atoms with E-state index < -0.39 is 11.7 Å². The molecule has 0 unspecified atom stereocenters. The molecule has 5 nitrogen and oxygen atoms in total. The van der Waals surface area contributed by atoms with E-state index in [1.807, 2.05) is 24.3 Å². The van der Waals surface area contributed by atoms with Crippen molar-refractivity contribution in [1.82, 2.24) is 14.7 Å². The molecule has 172 valence electrons. The standard InChI is InChI=1S/C24H22ClF3N4O/c25-19-7-3-16(4-8-19)13-30-11-9-21-20(15-30)22(33)32(23-29-10-12-31(21)23)14-17-1-5-18(6-2-17)24(26,27)28/h1-8H,9-15H2. The Bertz CT molecular complexity index is 1130. The van der Waals surface area contributed by atoms with E-state index in [9.17, 15) is 18.0 Å². The zero-order valence-electron chi connectivity index (χ0n) is 17.8. The smallest absolute Gasteiger partial charge is 0.314 e. The molecule has 3 aliphatic rings. The van der Waals surface area contributed by atoms with Gasteiger partial charge in [-0.1, -0.05) is 35.9 Å². The average molecular weight is 475 g/mol. The number of guanidine groups is 1. The molecule has 3 aliphatic heterocycles. The third kappa shape index (κ3) is 4.37. The minimum Gasteiger partial charge on any atom is -0.314 e. The van der Waals surface area contributed by atoms with Gasteiger partial charge in [-0.3, -0.25) is 19.6 Å². The molecule has 5 rings (SSSR count). The van der Waals surface area contributed by atoms with Crippen LogP contribution in [0.25, 0.3) is 0 Å². The lowest BCUT2D eigenvalue weighted by Gasteiger charge is -2.42. The molecule has 0 aliphatic carbocycles. The van der Waals surface area contributed by atoms with Gasteiger partial charge in [0.2, 0.25) is 5.96 Å². The second kappa shape index (κ2) is 8.50. The molecule has 0 N–H and O–H groups in total. The van der Waals surface area contributed by atoms with Crippen molar-refractivity contribution in [2.75, 3.05) is 26.2 Å². The molecule has 3 heterocycles. The third-order valence-corrected chi connectivity index (χ3v) is 6.48. The van der Waals surface area contributed by atoms with E-state index in [4.69, 9.17) is 11.6 Å². The SMILES string of the molecule is O=C1C2=C(CCN(Cc3ccc(Cl)cc3)C2)N2CCN=C2N1Cc1ccc(C(F)(F)F)cc1. The van der Waals surface area contributed by atoms with Crippen molar-refractivity contribution in [2.24, 2.45) is 4.99 Å². The molecular formula is C24H22ClF3N4O. The van der Waals surface area contributed by atoms with E-state index in [-0.39, 0.29) is 12.5 Å². The molecule has 0 spiro atoms. The van der Waals surface area contributed by atoms with Crippen LogP contribution >= 0.6 is 11.6 Å². The molecule has 0 bridgehead atoms. The molecule has 0 saturated heterocycles. The summed E-state index contributed by atoms with van der Waals surface area (Å²) >= 11 is 5.99. The first-order chi connectivity index (χ1) is 15.8. The number of hydrogen-bond donors (Lipinski definition) is 0. The minimum atomic E-state index is -4.39. The number of nitrogens with zero attached hydrogens (tertiary/aromatic N) is 4. The number of rotatable bonds is 4. The van der Waals surface area contributed by atoms with Crippen molar-refractivity contribution in [3.05, 3.63) is 81.5 Å². The van der Waals surface area contributed by atoms with Gasteiger partial charge in [-0.2, -0.15) is 13.2 Å². The number of fused-ring (bicyclic) bond motifs is 2. The number of carbonyl (C=O) groups excluding carboxylic acids is 1. The van der Waals surface area contributed by atoms with Crippen LogP contribution in [-0.2, 0) is 24.1 Å². The van der Waals surface area contributed by atoms with E-state index in [0.29, 0.717) is 42.7 Å². The maximum atomic E-state index is 13.5. The van der Waals surface area contributed by atoms with E-state index in [0.717, 1.165) is 41.9 Å². The van der Waals surface area contributed by atoms with Crippen LogP contribution in [0.3, 0.4) is 0 Å². The fourth-order valence-electron chi connectivity index (χ4n) is 4.58. The minimum absolute atomic E-state index is 0.123. The average Bonchev–Trinajstić information content (AvgIpc) is 3.28. The van der Waals surface area contributed by atoms with Gasteiger partial charge in [0, 0.05) is 43.3 Å². The first-order valence-electron chi connectivity index (χ1n) is 10.8. The summed E-state index contributed by atoms with van der Waals surface area (Å²) in [5.41, 5.74) is 2.81. The van der Waals surface area contributed by atoms with Crippen molar-refractivity contribution in [2.45, 2.75) is 25.7 Å². The Morgan fingerprint density at radius 1 is 0.939 bits per heavy atom. The highest BCUT2D eigenvalue weighted by Gasteiger charge is 2.41. The summed E-state index contributed by atoms with van der Waals surface area (Å²) in [6.07, 6.45) is -3.64. The summed E-state index contributed by atoms with van der Waals surface area (Å²) in [7, 11) is 0. The van der Waals surface area contributed by atoms with Crippen molar-refractivity contribution >= 4 is 23.5 Å². The van der Waals surface area contributed by atoms with Crippen molar-refractivity contribution < 1.29 is 18.0 Å². The Kier molecular flexibility index (Phi) is 5.66. The molecule has 33 heavy (non-hydrogen) atoms.